The standard InChI is InChI=1S/C15H13NO2/c1-3-5-12-6-4-7-15(16-12)18-14-10-8-13(17-2)9-11-14/h1,4,6-11H,5H2,2H3. The van der Waals surface area contributed by atoms with E-state index < -0.39 is 0 Å². The van der Waals surface area contributed by atoms with Gasteiger partial charge in [-0.05, 0) is 30.3 Å². The molecule has 0 saturated heterocycles. The maximum absolute atomic E-state index is 5.63. The van der Waals surface area contributed by atoms with Gasteiger partial charge in [0.05, 0.1) is 19.2 Å². The number of aromatic nitrogens is 1. The zero-order valence-corrected chi connectivity index (χ0v) is 10.1. The fourth-order valence-corrected chi connectivity index (χ4v) is 1.48. The van der Waals surface area contributed by atoms with Crippen LogP contribution in [-0.4, -0.2) is 12.1 Å². The number of pyridine rings is 1. The number of nitrogens with zero attached hydrogens (tertiary/aromatic N) is 1. The highest BCUT2D eigenvalue weighted by Gasteiger charge is 2.00. The minimum Gasteiger partial charge on any atom is -0.497 e. The van der Waals surface area contributed by atoms with Gasteiger partial charge >= 0.3 is 0 Å². The molecule has 3 heteroatoms. The molecule has 18 heavy (non-hydrogen) atoms. The first-order valence-electron chi connectivity index (χ1n) is 5.53. The zero-order valence-electron chi connectivity index (χ0n) is 10.1. The van der Waals surface area contributed by atoms with Crippen LogP contribution in [0.4, 0.5) is 0 Å². The monoisotopic (exact) mass is 239 g/mol. The summed E-state index contributed by atoms with van der Waals surface area (Å²) >= 11 is 0. The van der Waals surface area contributed by atoms with Gasteiger partial charge in [-0.3, -0.25) is 0 Å². The maximum Gasteiger partial charge on any atom is 0.219 e. The molecule has 0 spiro atoms. The lowest BCUT2D eigenvalue weighted by Gasteiger charge is -2.06. The first-order chi connectivity index (χ1) is 8.81. The summed E-state index contributed by atoms with van der Waals surface area (Å²) in [6.45, 7) is 0. The molecule has 2 aromatic rings. The van der Waals surface area contributed by atoms with E-state index in [4.69, 9.17) is 15.9 Å². The number of ether oxygens (including phenoxy) is 2. The van der Waals surface area contributed by atoms with E-state index in [1.54, 1.807) is 13.2 Å². The molecule has 0 saturated carbocycles. The van der Waals surface area contributed by atoms with E-state index in [9.17, 15) is 0 Å². The summed E-state index contributed by atoms with van der Waals surface area (Å²) in [5, 5.41) is 0. The molecular weight excluding hydrogens is 226 g/mol. The Hall–Kier alpha value is -2.47. The SMILES string of the molecule is C#CCc1cccc(Oc2ccc(OC)cc2)n1. The van der Waals surface area contributed by atoms with Gasteiger partial charge in [0.25, 0.3) is 0 Å². The molecule has 2 rings (SSSR count). The molecule has 0 atom stereocenters. The van der Waals surface area contributed by atoms with Gasteiger partial charge in [-0.1, -0.05) is 6.07 Å². The Bertz CT molecular complexity index is 555. The Morgan fingerprint density at radius 2 is 1.83 bits per heavy atom. The largest absolute Gasteiger partial charge is 0.497 e. The molecular formula is C15H13NO2. The van der Waals surface area contributed by atoms with E-state index >= 15 is 0 Å². The summed E-state index contributed by atoms with van der Waals surface area (Å²) < 4.78 is 10.7. The van der Waals surface area contributed by atoms with Crippen molar-refractivity contribution in [2.45, 2.75) is 6.42 Å². The molecule has 0 radical (unpaired) electrons. The molecule has 0 N–H and O–H groups in total. The summed E-state index contributed by atoms with van der Waals surface area (Å²) in [4.78, 5) is 4.30. The van der Waals surface area contributed by atoms with Crippen LogP contribution < -0.4 is 9.47 Å². The minimum atomic E-state index is 0.500. The summed E-state index contributed by atoms with van der Waals surface area (Å²) in [7, 11) is 1.63. The molecule has 0 aliphatic heterocycles. The molecule has 0 unspecified atom stereocenters. The molecule has 0 fully saturated rings. The Balaban J connectivity index is 2.12. The predicted octanol–water partition coefficient (Wildman–Crippen LogP) is 3.06. The third-order valence-electron chi connectivity index (χ3n) is 2.35. The van der Waals surface area contributed by atoms with Gasteiger partial charge in [-0.15, -0.1) is 12.3 Å². The van der Waals surface area contributed by atoms with E-state index in [1.165, 1.54) is 0 Å². The molecule has 0 bridgehead atoms. The molecule has 1 heterocycles. The molecule has 90 valence electrons. The van der Waals surface area contributed by atoms with Crippen molar-refractivity contribution in [2.24, 2.45) is 0 Å². The van der Waals surface area contributed by atoms with Crippen molar-refractivity contribution in [3.63, 3.8) is 0 Å². The van der Waals surface area contributed by atoms with Crippen molar-refractivity contribution in [3.8, 4) is 29.7 Å². The highest BCUT2D eigenvalue weighted by molar-refractivity contribution is 5.33. The van der Waals surface area contributed by atoms with Crippen LogP contribution in [0.25, 0.3) is 0 Å². The molecule has 3 nitrogen and oxygen atoms in total. The van der Waals surface area contributed by atoms with Crippen molar-refractivity contribution in [3.05, 3.63) is 48.2 Å². The lowest BCUT2D eigenvalue weighted by molar-refractivity contribution is 0.412. The number of hydrogen-bond donors (Lipinski definition) is 0. The van der Waals surface area contributed by atoms with Crippen molar-refractivity contribution in [1.29, 1.82) is 0 Å². The number of terminal acetylenes is 1. The van der Waals surface area contributed by atoms with Gasteiger partial charge < -0.3 is 9.47 Å². The lowest BCUT2D eigenvalue weighted by Crippen LogP contribution is -1.92. The zero-order chi connectivity index (χ0) is 12.8. The van der Waals surface area contributed by atoms with Crippen LogP contribution >= 0.6 is 0 Å². The summed E-state index contributed by atoms with van der Waals surface area (Å²) in [6, 6.07) is 12.9. The van der Waals surface area contributed by atoms with Gasteiger partial charge in [-0.2, -0.15) is 0 Å². The van der Waals surface area contributed by atoms with Gasteiger partial charge in [0.1, 0.15) is 11.5 Å². The molecule has 0 aliphatic rings. The molecule has 1 aromatic carbocycles. The molecule has 0 aliphatic carbocycles. The average Bonchev–Trinajstić information content (AvgIpc) is 2.40. The van der Waals surface area contributed by atoms with Crippen molar-refractivity contribution in [2.75, 3.05) is 7.11 Å². The third-order valence-corrected chi connectivity index (χ3v) is 2.35. The van der Waals surface area contributed by atoms with Crippen LogP contribution in [0.5, 0.6) is 17.4 Å². The summed E-state index contributed by atoms with van der Waals surface area (Å²) in [6.07, 6.45) is 5.75. The number of rotatable bonds is 4. The number of benzene rings is 1. The summed E-state index contributed by atoms with van der Waals surface area (Å²) in [5.74, 6) is 4.59. The van der Waals surface area contributed by atoms with Gasteiger partial charge in [-0.25, -0.2) is 4.98 Å². The second-order valence-corrected chi connectivity index (χ2v) is 3.63. The van der Waals surface area contributed by atoms with E-state index in [2.05, 4.69) is 10.9 Å². The van der Waals surface area contributed by atoms with Crippen LogP contribution in [0, 0.1) is 12.3 Å². The van der Waals surface area contributed by atoms with Crippen LogP contribution in [0.1, 0.15) is 5.69 Å². The Morgan fingerprint density at radius 1 is 1.11 bits per heavy atom. The van der Waals surface area contributed by atoms with Crippen molar-refractivity contribution in [1.82, 2.24) is 4.98 Å². The van der Waals surface area contributed by atoms with E-state index in [1.807, 2.05) is 36.4 Å². The fourth-order valence-electron chi connectivity index (χ4n) is 1.48. The van der Waals surface area contributed by atoms with Crippen LogP contribution in [-0.2, 0) is 6.42 Å². The molecule has 1 aromatic heterocycles. The second-order valence-electron chi connectivity index (χ2n) is 3.63. The number of hydrogen-bond acceptors (Lipinski definition) is 3. The van der Waals surface area contributed by atoms with Crippen molar-refractivity contribution >= 4 is 0 Å². The van der Waals surface area contributed by atoms with E-state index in [-0.39, 0.29) is 0 Å². The van der Waals surface area contributed by atoms with Gasteiger partial charge in [0.2, 0.25) is 5.88 Å². The first kappa shape index (κ1) is 12.0. The topological polar surface area (TPSA) is 31.4 Å². The Labute approximate surface area is 106 Å². The summed E-state index contributed by atoms with van der Waals surface area (Å²) in [5.41, 5.74) is 0.823. The lowest BCUT2D eigenvalue weighted by atomic mass is 10.3. The van der Waals surface area contributed by atoms with E-state index in [0.29, 0.717) is 18.1 Å². The smallest absolute Gasteiger partial charge is 0.219 e. The third kappa shape index (κ3) is 3.02. The maximum atomic E-state index is 5.63. The van der Waals surface area contributed by atoms with Crippen LogP contribution in [0.15, 0.2) is 42.5 Å². The molecule has 0 amide bonds. The predicted molar refractivity (Wildman–Crippen MR) is 69.8 cm³/mol. The minimum absolute atomic E-state index is 0.500. The van der Waals surface area contributed by atoms with Gasteiger partial charge in [0.15, 0.2) is 0 Å². The normalized spacial score (nSPS) is 9.56. The van der Waals surface area contributed by atoms with Gasteiger partial charge in [0, 0.05) is 6.07 Å². The second kappa shape index (κ2) is 5.74. The average molecular weight is 239 g/mol. The highest BCUT2D eigenvalue weighted by Crippen LogP contribution is 2.22. The quantitative estimate of drug-likeness (QED) is 0.768. The Kier molecular flexibility index (Phi) is 3.83. The first-order valence-corrected chi connectivity index (χ1v) is 5.53. The van der Waals surface area contributed by atoms with Crippen molar-refractivity contribution < 1.29 is 9.47 Å². The van der Waals surface area contributed by atoms with E-state index in [0.717, 1.165) is 11.4 Å². The van der Waals surface area contributed by atoms with Crippen LogP contribution in [0.3, 0.4) is 0 Å². The van der Waals surface area contributed by atoms with Crippen LogP contribution in [0.2, 0.25) is 0 Å². The fraction of sp³-hybridized carbons (Fsp3) is 0.133. The Morgan fingerprint density at radius 3 is 2.50 bits per heavy atom. The number of methoxy groups -OCH3 is 1. The highest BCUT2D eigenvalue weighted by atomic mass is 16.5.